The van der Waals surface area contributed by atoms with Gasteiger partial charge in [-0.05, 0) is 30.9 Å². The second-order valence-electron chi connectivity index (χ2n) is 5.93. The van der Waals surface area contributed by atoms with Crippen LogP contribution in [0.3, 0.4) is 0 Å². The van der Waals surface area contributed by atoms with E-state index in [2.05, 4.69) is 10.3 Å². The summed E-state index contributed by atoms with van der Waals surface area (Å²) < 4.78 is 39.5. The van der Waals surface area contributed by atoms with Gasteiger partial charge in [-0.1, -0.05) is 24.4 Å². The van der Waals surface area contributed by atoms with Gasteiger partial charge in [0.2, 0.25) is 5.91 Å². The van der Waals surface area contributed by atoms with E-state index in [4.69, 9.17) is 18.0 Å². The fraction of sp³-hybridized carbons (Fsp3) is 0.375. The Morgan fingerprint density at radius 1 is 1.42 bits per heavy atom. The van der Waals surface area contributed by atoms with Crippen LogP contribution >= 0.6 is 12.2 Å². The van der Waals surface area contributed by atoms with Crippen molar-refractivity contribution in [3.05, 3.63) is 35.0 Å². The lowest BCUT2D eigenvalue weighted by atomic mass is 9.85. The van der Waals surface area contributed by atoms with Crippen molar-refractivity contribution >= 4 is 34.0 Å². The first-order valence-corrected chi connectivity index (χ1v) is 7.94. The van der Waals surface area contributed by atoms with E-state index in [0.29, 0.717) is 24.6 Å². The van der Waals surface area contributed by atoms with Crippen LogP contribution in [0.5, 0.6) is 0 Å². The summed E-state index contributed by atoms with van der Waals surface area (Å²) in [6, 6.07) is 4.13. The van der Waals surface area contributed by atoms with Crippen LogP contribution in [0, 0.1) is 5.92 Å². The molecule has 4 nitrogen and oxygen atoms in total. The predicted octanol–water partition coefficient (Wildman–Crippen LogP) is 2.69. The van der Waals surface area contributed by atoms with E-state index in [9.17, 15) is 18.0 Å². The highest BCUT2D eigenvalue weighted by Crippen LogP contribution is 2.38. The Morgan fingerprint density at radius 3 is 2.83 bits per heavy atom. The van der Waals surface area contributed by atoms with Gasteiger partial charge in [0, 0.05) is 17.0 Å². The molecule has 0 spiro atoms. The van der Waals surface area contributed by atoms with Gasteiger partial charge in [-0.15, -0.1) is 0 Å². The third kappa shape index (κ3) is 3.10. The Kier molecular flexibility index (Phi) is 4.25. The van der Waals surface area contributed by atoms with Gasteiger partial charge in [-0.25, -0.2) is 0 Å². The number of halogens is 3. The molecule has 128 valence electrons. The number of nitrogens with two attached hydrogens (primary N) is 1. The molecule has 4 N–H and O–H groups in total. The molecule has 0 saturated heterocycles. The monoisotopic (exact) mass is 355 g/mol. The van der Waals surface area contributed by atoms with Gasteiger partial charge in [-0.3, -0.25) is 4.79 Å². The first-order valence-electron chi connectivity index (χ1n) is 7.53. The van der Waals surface area contributed by atoms with E-state index in [0.717, 1.165) is 17.3 Å². The number of rotatable bonds is 3. The van der Waals surface area contributed by atoms with Crippen LogP contribution in [0.25, 0.3) is 10.9 Å². The van der Waals surface area contributed by atoms with Gasteiger partial charge in [0.05, 0.1) is 22.6 Å². The number of hydrogen-bond donors (Lipinski definition) is 3. The van der Waals surface area contributed by atoms with Gasteiger partial charge < -0.3 is 16.0 Å². The van der Waals surface area contributed by atoms with Crippen molar-refractivity contribution in [2.45, 2.75) is 25.4 Å². The van der Waals surface area contributed by atoms with Crippen LogP contribution in [0.1, 0.15) is 23.2 Å². The van der Waals surface area contributed by atoms with Crippen LogP contribution in [0.4, 0.5) is 13.2 Å². The number of nitrogens with one attached hydrogen (secondary N) is 2. The molecule has 0 aliphatic heterocycles. The summed E-state index contributed by atoms with van der Waals surface area (Å²) in [4.78, 5) is 15.3. The number of carbonyl (C=O) groups excluding carboxylic acids is 1. The number of thiocarbonyl (C=S) groups is 1. The van der Waals surface area contributed by atoms with Crippen LogP contribution in [0.2, 0.25) is 0 Å². The molecular weight excluding hydrogens is 339 g/mol. The largest absolute Gasteiger partial charge is 0.418 e. The highest BCUT2D eigenvalue weighted by molar-refractivity contribution is 7.80. The second kappa shape index (κ2) is 6.08. The van der Waals surface area contributed by atoms with Gasteiger partial charge in [0.15, 0.2) is 0 Å². The third-order valence-electron chi connectivity index (χ3n) is 4.34. The smallest absolute Gasteiger partial charge is 0.392 e. The maximum Gasteiger partial charge on any atom is 0.418 e. The SMILES string of the molecule is NC(=S)CNC(=O)C1CCc2[nH]c3c(C(F)(F)F)cccc3c2C1. The van der Waals surface area contributed by atoms with Crippen LogP contribution < -0.4 is 11.1 Å². The van der Waals surface area contributed by atoms with E-state index < -0.39 is 11.7 Å². The number of benzene rings is 1. The van der Waals surface area contributed by atoms with E-state index in [1.165, 1.54) is 6.07 Å². The number of carbonyl (C=O) groups is 1. The van der Waals surface area contributed by atoms with Gasteiger partial charge in [0.25, 0.3) is 0 Å². The Bertz CT molecular complexity index is 813. The van der Waals surface area contributed by atoms with Crippen molar-refractivity contribution < 1.29 is 18.0 Å². The molecule has 1 atom stereocenters. The van der Waals surface area contributed by atoms with E-state index in [1.807, 2.05) is 0 Å². The first kappa shape index (κ1) is 16.8. The predicted molar refractivity (Wildman–Crippen MR) is 88.6 cm³/mol. The molecule has 3 rings (SSSR count). The summed E-state index contributed by atoms with van der Waals surface area (Å²) in [5.41, 5.74) is 6.35. The zero-order valence-corrected chi connectivity index (χ0v) is 13.5. The number of hydrogen-bond acceptors (Lipinski definition) is 2. The van der Waals surface area contributed by atoms with Gasteiger partial charge in [0.1, 0.15) is 0 Å². The van der Waals surface area contributed by atoms with Gasteiger partial charge in [-0.2, -0.15) is 13.2 Å². The maximum atomic E-state index is 13.2. The molecule has 1 amide bonds. The fourth-order valence-electron chi connectivity index (χ4n) is 3.22. The van der Waals surface area contributed by atoms with Crippen molar-refractivity contribution in [1.29, 1.82) is 0 Å². The minimum Gasteiger partial charge on any atom is -0.392 e. The number of amides is 1. The second-order valence-corrected chi connectivity index (χ2v) is 6.46. The molecule has 1 aliphatic rings. The Balaban J connectivity index is 1.92. The molecule has 0 fully saturated rings. The molecule has 0 radical (unpaired) electrons. The first-order chi connectivity index (χ1) is 11.3. The zero-order valence-electron chi connectivity index (χ0n) is 12.7. The average Bonchev–Trinajstić information content (AvgIpc) is 2.89. The zero-order chi connectivity index (χ0) is 17.5. The maximum absolute atomic E-state index is 13.2. The number of aryl methyl sites for hydroxylation is 1. The minimum atomic E-state index is -4.42. The van der Waals surface area contributed by atoms with Crippen molar-refractivity contribution in [3.8, 4) is 0 Å². The summed E-state index contributed by atoms with van der Waals surface area (Å²) >= 11 is 4.73. The molecular formula is C16H16F3N3OS. The lowest BCUT2D eigenvalue weighted by Gasteiger charge is -2.21. The number of aromatic nitrogens is 1. The highest BCUT2D eigenvalue weighted by Gasteiger charge is 2.35. The lowest BCUT2D eigenvalue weighted by Crippen LogP contribution is -2.38. The van der Waals surface area contributed by atoms with Crippen molar-refractivity contribution in [2.75, 3.05) is 6.54 Å². The van der Waals surface area contributed by atoms with Crippen molar-refractivity contribution in [1.82, 2.24) is 10.3 Å². The number of aromatic amines is 1. The molecule has 24 heavy (non-hydrogen) atoms. The Morgan fingerprint density at radius 2 is 2.17 bits per heavy atom. The van der Waals surface area contributed by atoms with Crippen molar-refractivity contribution in [2.24, 2.45) is 11.7 Å². The van der Waals surface area contributed by atoms with Gasteiger partial charge >= 0.3 is 6.18 Å². The molecule has 8 heteroatoms. The lowest BCUT2D eigenvalue weighted by molar-refractivity contribution is -0.136. The van der Waals surface area contributed by atoms with E-state index >= 15 is 0 Å². The average molecular weight is 355 g/mol. The number of para-hydroxylation sites is 1. The van der Waals surface area contributed by atoms with Crippen molar-refractivity contribution in [3.63, 3.8) is 0 Å². The van der Waals surface area contributed by atoms with Crippen LogP contribution in [-0.2, 0) is 23.8 Å². The fourth-order valence-corrected chi connectivity index (χ4v) is 3.29. The van der Waals surface area contributed by atoms with Crippen LogP contribution in [0.15, 0.2) is 18.2 Å². The molecule has 1 heterocycles. The molecule has 1 unspecified atom stereocenters. The van der Waals surface area contributed by atoms with E-state index in [1.54, 1.807) is 6.07 Å². The normalized spacial score (nSPS) is 17.5. The Hall–Kier alpha value is -2.09. The number of H-pyrrole nitrogens is 1. The number of fused-ring (bicyclic) bond motifs is 3. The topological polar surface area (TPSA) is 70.9 Å². The summed E-state index contributed by atoms with van der Waals surface area (Å²) in [5.74, 6) is -0.463. The molecule has 0 saturated carbocycles. The van der Waals surface area contributed by atoms with E-state index in [-0.39, 0.29) is 28.9 Å². The van der Waals surface area contributed by atoms with Crippen LogP contribution in [-0.4, -0.2) is 22.4 Å². The molecule has 0 bridgehead atoms. The summed E-state index contributed by atoms with van der Waals surface area (Å²) in [6.07, 6.45) is -2.91. The summed E-state index contributed by atoms with van der Waals surface area (Å²) in [7, 11) is 0. The number of alkyl halides is 3. The quantitative estimate of drug-likeness (QED) is 0.742. The standard InChI is InChI=1S/C16H16F3N3OS/c17-16(18,19)11-3-1-2-9-10-6-8(15(23)21-7-13(20)24)4-5-12(10)22-14(9)11/h1-3,8,22H,4-7H2,(H2,20,24)(H,21,23). The molecule has 1 aromatic heterocycles. The minimum absolute atomic E-state index is 0.0965. The molecule has 1 aliphatic carbocycles. The third-order valence-corrected chi connectivity index (χ3v) is 4.48. The highest BCUT2D eigenvalue weighted by atomic mass is 32.1. The summed E-state index contributed by atoms with van der Waals surface area (Å²) in [5, 5.41) is 3.20. The molecule has 1 aromatic carbocycles. The summed E-state index contributed by atoms with van der Waals surface area (Å²) in [6.45, 7) is 0.129. The Labute approximate surface area is 141 Å². The molecule has 2 aromatic rings.